The fourth-order valence-corrected chi connectivity index (χ4v) is 2.58. The minimum absolute atomic E-state index is 0.0231. The Morgan fingerprint density at radius 1 is 1.22 bits per heavy atom. The minimum atomic E-state index is -4.55. The molecule has 0 unspecified atom stereocenters. The monoisotopic (exact) mass is 413 g/mol. The fourth-order valence-electron chi connectivity index (χ4n) is 2.23. The summed E-state index contributed by atoms with van der Waals surface area (Å²) in [5.74, 6) is -0.425. The van der Waals surface area contributed by atoms with Crippen LogP contribution in [0.5, 0.6) is 0 Å². The molecule has 10 heteroatoms. The third-order valence-corrected chi connectivity index (χ3v) is 4.11. The summed E-state index contributed by atoms with van der Waals surface area (Å²) >= 11 is 10.9. The molecular formula is C17H11ClF3N3O2S. The van der Waals surface area contributed by atoms with Gasteiger partial charge in [-0.25, -0.2) is 4.68 Å². The van der Waals surface area contributed by atoms with Gasteiger partial charge in [0.1, 0.15) is 6.54 Å². The van der Waals surface area contributed by atoms with E-state index in [1.165, 1.54) is 0 Å². The molecule has 1 N–H and O–H groups in total. The molecule has 0 aliphatic heterocycles. The SMILES string of the molecule is O=C(Cn1nc(-c2ccccc2)oc1=S)Nc1cc(C(F)(F)F)ccc1Cl. The van der Waals surface area contributed by atoms with Crippen LogP contribution in [0.2, 0.25) is 5.02 Å². The van der Waals surface area contributed by atoms with Crippen molar-refractivity contribution < 1.29 is 22.4 Å². The maximum Gasteiger partial charge on any atom is 0.416 e. The second-order valence-electron chi connectivity index (χ2n) is 5.44. The molecule has 0 aliphatic rings. The van der Waals surface area contributed by atoms with E-state index >= 15 is 0 Å². The Kier molecular flexibility index (Phi) is 5.33. The lowest BCUT2D eigenvalue weighted by molar-refractivity contribution is -0.137. The van der Waals surface area contributed by atoms with Crippen LogP contribution in [0.1, 0.15) is 5.56 Å². The highest BCUT2D eigenvalue weighted by Crippen LogP contribution is 2.33. The normalized spacial score (nSPS) is 11.4. The van der Waals surface area contributed by atoms with E-state index in [0.29, 0.717) is 5.56 Å². The van der Waals surface area contributed by atoms with Crippen molar-refractivity contribution in [3.63, 3.8) is 0 Å². The van der Waals surface area contributed by atoms with E-state index in [1.807, 2.05) is 6.07 Å². The number of halogens is 4. The van der Waals surface area contributed by atoms with Crippen molar-refractivity contribution in [2.45, 2.75) is 12.7 Å². The zero-order valence-corrected chi connectivity index (χ0v) is 15.0. The van der Waals surface area contributed by atoms with Gasteiger partial charge in [0, 0.05) is 5.56 Å². The topological polar surface area (TPSA) is 60.1 Å². The van der Waals surface area contributed by atoms with Crippen molar-refractivity contribution in [1.82, 2.24) is 9.78 Å². The van der Waals surface area contributed by atoms with Gasteiger partial charge in [-0.05, 0) is 42.5 Å². The van der Waals surface area contributed by atoms with E-state index < -0.39 is 17.6 Å². The van der Waals surface area contributed by atoms with Crippen molar-refractivity contribution in [3.05, 3.63) is 64.0 Å². The molecule has 1 amide bonds. The molecule has 5 nitrogen and oxygen atoms in total. The Hall–Kier alpha value is -2.65. The number of carbonyl (C=O) groups excluding carboxylic acids is 1. The third-order valence-electron chi connectivity index (χ3n) is 3.49. The maximum absolute atomic E-state index is 12.8. The molecule has 0 bridgehead atoms. The quantitative estimate of drug-likeness (QED) is 0.598. The lowest BCUT2D eigenvalue weighted by Crippen LogP contribution is -2.20. The Bertz CT molecular complexity index is 1030. The van der Waals surface area contributed by atoms with Crippen molar-refractivity contribution in [1.29, 1.82) is 0 Å². The van der Waals surface area contributed by atoms with Crippen LogP contribution in [0.15, 0.2) is 52.9 Å². The highest BCUT2D eigenvalue weighted by Gasteiger charge is 2.31. The summed E-state index contributed by atoms with van der Waals surface area (Å²) in [4.78, 5) is 12.2. The first-order valence-electron chi connectivity index (χ1n) is 7.54. The number of anilines is 1. The largest absolute Gasteiger partial charge is 0.416 e. The van der Waals surface area contributed by atoms with Gasteiger partial charge in [-0.3, -0.25) is 4.79 Å². The summed E-state index contributed by atoms with van der Waals surface area (Å²) in [6.45, 7) is -0.345. The zero-order chi connectivity index (χ0) is 19.6. The number of hydrogen-bond acceptors (Lipinski definition) is 4. The molecular weight excluding hydrogens is 403 g/mol. The second-order valence-corrected chi connectivity index (χ2v) is 6.19. The molecule has 0 saturated carbocycles. The number of amides is 1. The molecule has 27 heavy (non-hydrogen) atoms. The molecule has 0 fully saturated rings. The van der Waals surface area contributed by atoms with Crippen LogP contribution in [-0.2, 0) is 17.5 Å². The number of aromatic nitrogens is 2. The molecule has 0 aliphatic carbocycles. The lowest BCUT2D eigenvalue weighted by Gasteiger charge is -2.11. The van der Waals surface area contributed by atoms with Crippen LogP contribution >= 0.6 is 23.8 Å². The standard InChI is InChI=1S/C17H11ClF3N3O2S/c18-12-7-6-11(17(19,20)21)8-13(12)22-14(25)9-24-16(27)26-15(23-24)10-4-2-1-3-5-10/h1-8H,9H2,(H,22,25). The number of benzene rings is 2. The molecule has 140 valence electrons. The number of nitrogens with zero attached hydrogens (tertiary/aromatic N) is 2. The van der Waals surface area contributed by atoms with Crippen molar-refractivity contribution >= 4 is 35.4 Å². The predicted molar refractivity (Wildman–Crippen MR) is 95.8 cm³/mol. The highest BCUT2D eigenvalue weighted by atomic mass is 35.5. The number of hydrogen-bond donors (Lipinski definition) is 1. The van der Waals surface area contributed by atoms with Crippen molar-refractivity contribution in [2.75, 3.05) is 5.32 Å². The molecule has 1 heterocycles. The summed E-state index contributed by atoms with van der Waals surface area (Å²) in [5.41, 5.74) is -0.412. The third kappa shape index (κ3) is 4.55. The lowest BCUT2D eigenvalue weighted by atomic mass is 10.2. The molecule has 3 rings (SSSR count). The summed E-state index contributed by atoms with van der Waals surface area (Å²) in [7, 11) is 0. The number of carbonyl (C=O) groups is 1. The van der Waals surface area contributed by atoms with Crippen molar-refractivity contribution in [3.8, 4) is 11.5 Å². The van der Waals surface area contributed by atoms with E-state index in [1.54, 1.807) is 24.3 Å². The Balaban J connectivity index is 1.77. The minimum Gasteiger partial charge on any atom is -0.409 e. The van der Waals surface area contributed by atoms with Crippen LogP contribution in [0.4, 0.5) is 18.9 Å². The summed E-state index contributed by atoms with van der Waals surface area (Å²) in [6.07, 6.45) is -4.55. The average molecular weight is 414 g/mol. The molecule has 0 spiro atoms. The van der Waals surface area contributed by atoms with Gasteiger partial charge in [-0.2, -0.15) is 13.2 Å². The molecule has 0 atom stereocenters. The molecule has 0 saturated heterocycles. The first kappa shape index (κ1) is 19.1. The van der Waals surface area contributed by atoms with Gasteiger partial charge in [0.15, 0.2) is 0 Å². The molecule has 2 aromatic carbocycles. The predicted octanol–water partition coefficient (Wildman–Crippen LogP) is 5.18. The van der Waals surface area contributed by atoms with Gasteiger partial charge >= 0.3 is 6.18 Å². The van der Waals surface area contributed by atoms with Crippen LogP contribution in [0.3, 0.4) is 0 Å². The van der Waals surface area contributed by atoms with E-state index in [0.717, 1.165) is 22.9 Å². The second kappa shape index (κ2) is 7.53. The fraction of sp³-hybridized carbons (Fsp3) is 0.118. The van der Waals surface area contributed by atoms with Gasteiger partial charge in [0.2, 0.25) is 11.8 Å². The van der Waals surface area contributed by atoms with Crippen molar-refractivity contribution in [2.24, 2.45) is 0 Å². The Morgan fingerprint density at radius 2 is 1.93 bits per heavy atom. The summed E-state index contributed by atoms with van der Waals surface area (Å²) in [6, 6.07) is 11.6. The van der Waals surface area contributed by atoms with Crippen LogP contribution in [0.25, 0.3) is 11.5 Å². The smallest absolute Gasteiger partial charge is 0.409 e. The van der Waals surface area contributed by atoms with Crippen LogP contribution in [-0.4, -0.2) is 15.7 Å². The van der Waals surface area contributed by atoms with E-state index in [9.17, 15) is 18.0 Å². The Morgan fingerprint density at radius 3 is 2.59 bits per heavy atom. The maximum atomic E-state index is 12.8. The van der Waals surface area contributed by atoms with E-state index in [-0.39, 0.29) is 28.0 Å². The summed E-state index contributed by atoms with van der Waals surface area (Å²) < 4.78 is 44.9. The van der Waals surface area contributed by atoms with Crippen LogP contribution < -0.4 is 5.32 Å². The van der Waals surface area contributed by atoms with Gasteiger partial charge in [0.25, 0.3) is 4.84 Å². The molecule has 0 radical (unpaired) electrons. The summed E-state index contributed by atoms with van der Waals surface area (Å²) in [5, 5.41) is 6.42. The van der Waals surface area contributed by atoms with E-state index in [2.05, 4.69) is 10.4 Å². The average Bonchev–Trinajstić information content (AvgIpc) is 2.97. The number of rotatable bonds is 4. The first-order chi connectivity index (χ1) is 12.7. The highest BCUT2D eigenvalue weighted by molar-refractivity contribution is 7.71. The van der Waals surface area contributed by atoms with E-state index in [4.69, 9.17) is 28.2 Å². The number of alkyl halides is 3. The van der Waals surface area contributed by atoms with Gasteiger partial charge in [0.05, 0.1) is 16.3 Å². The van der Waals surface area contributed by atoms with Gasteiger partial charge < -0.3 is 9.73 Å². The molecule has 1 aromatic heterocycles. The van der Waals surface area contributed by atoms with Gasteiger partial charge in [-0.1, -0.05) is 29.8 Å². The Labute approximate surface area is 161 Å². The number of nitrogens with one attached hydrogen (secondary N) is 1. The van der Waals surface area contributed by atoms with Gasteiger partial charge in [-0.15, -0.1) is 5.10 Å². The molecule has 3 aromatic rings. The zero-order valence-electron chi connectivity index (χ0n) is 13.5. The first-order valence-corrected chi connectivity index (χ1v) is 8.32. The van der Waals surface area contributed by atoms with Crippen LogP contribution in [0, 0.1) is 4.84 Å².